The van der Waals surface area contributed by atoms with Crippen molar-refractivity contribution in [1.82, 2.24) is 14.9 Å². The van der Waals surface area contributed by atoms with Gasteiger partial charge in [0.25, 0.3) is 0 Å². The first kappa shape index (κ1) is 30.8. The molecule has 0 spiro atoms. The van der Waals surface area contributed by atoms with Crippen LogP contribution in [0.4, 0.5) is 19.6 Å². The molecular formula is C34H35ClF2N6O3S. The van der Waals surface area contributed by atoms with Crippen molar-refractivity contribution in [3.63, 3.8) is 0 Å². The second-order valence-corrected chi connectivity index (χ2v) is 15.0. The molecular weight excluding hydrogens is 646 g/mol. The van der Waals surface area contributed by atoms with Crippen LogP contribution in [0.25, 0.3) is 32.1 Å². The number of methoxy groups -OCH3 is 1. The van der Waals surface area contributed by atoms with Gasteiger partial charge in [0.2, 0.25) is 0 Å². The van der Waals surface area contributed by atoms with E-state index >= 15 is 8.78 Å². The Bertz CT molecular complexity index is 1970. The van der Waals surface area contributed by atoms with Crippen LogP contribution in [0.15, 0.2) is 12.1 Å². The Balaban J connectivity index is 1.34. The number of fused-ring (bicyclic) bond motifs is 4. The molecule has 4 aliphatic rings. The third kappa shape index (κ3) is 4.80. The van der Waals surface area contributed by atoms with E-state index in [4.69, 9.17) is 41.5 Å². The number of piperidine rings is 1. The number of rotatable bonds is 6. The van der Waals surface area contributed by atoms with Crippen LogP contribution in [0.1, 0.15) is 44.6 Å². The third-order valence-electron chi connectivity index (χ3n) is 10.5. The van der Waals surface area contributed by atoms with E-state index in [1.165, 1.54) is 12.1 Å². The van der Waals surface area contributed by atoms with Gasteiger partial charge in [0.15, 0.2) is 11.6 Å². The van der Waals surface area contributed by atoms with Gasteiger partial charge in [-0.3, -0.25) is 4.90 Å². The van der Waals surface area contributed by atoms with E-state index in [2.05, 4.69) is 22.8 Å². The molecule has 0 aliphatic carbocycles. The number of benzene rings is 2. The average molecular weight is 681 g/mol. The van der Waals surface area contributed by atoms with Gasteiger partial charge in [0.1, 0.15) is 41.4 Å². The van der Waals surface area contributed by atoms with Gasteiger partial charge in [0, 0.05) is 31.1 Å². The number of ether oxygens (including phenoxy) is 3. The summed E-state index contributed by atoms with van der Waals surface area (Å²) in [5, 5.41) is 10.7. The average Bonchev–Trinajstić information content (AvgIpc) is 3.66. The molecule has 2 N–H and O–H groups in total. The standard InChI is InChI=1S/C34H35ClF2N6O3S/c1-17-10-34(8-3-9-42(34)12-17)16-46-33-40-28-25-29(45-15-19-5-4-18(14-44-2)13-43(19)32(25)41-33)26(35)24(27(28)37)20-6-7-22(36)30-23(20)21(11-38)31(39)47-30/h6-7,17-19H,3-5,8-10,12-16,39H2,1-2H3/t17-,18?,19?,34?/m1/s1. The highest BCUT2D eigenvalue weighted by Gasteiger charge is 2.48. The van der Waals surface area contributed by atoms with Crippen LogP contribution in [0.2, 0.25) is 5.02 Å². The van der Waals surface area contributed by atoms with Gasteiger partial charge in [0.05, 0.1) is 38.9 Å². The Labute approximate surface area is 280 Å². The van der Waals surface area contributed by atoms with Crippen molar-refractivity contribution < 1.29 is 23.0 Å². The van der Waals surface area contributed by atoms with Crippen molar-refractivity contribution >= 4 is 54.7 Å². The fourth-order valence-electron chi connectivity index (χ4n) is 8.50. The zero-order valence-electron chi connectivity index (χ0n) is 26.2. The molecule has 0 amide bonds. The van der Waals surface area contributed by atoms with Gasteiger partial charge in [-0.15, -0.1) is 11.3 Å². The number of aromatic nitrogens is 2. The molecule has 4 aliphatic heterocycles. The number of nitrogen functional groups attached to an aromatic ring is 1. The molecule has 3 unspecified atom stereocenters. The van der Waals surface area contributed by atoms with E-state index in [1.54, 1.807) is 7.11 Å². The van der Waals surface area contributed by atoms with Crippen molar-refractivity contribution in [2.45, 2.75) is 50.6 Å². The number of nitrogens with two attached hydrogens (primary N) is 1. The lowest BCUT2D eigenvalue weighted by Crippen LogP contribution is -2.47. The summed E-state index contributed by atoms with van der Waals surface area (Å²) >= 11 is 8.03. The number of nitriles is 1. The van der Waals surface area contributed by atoms with E-state index in [-0.39, 0.29) is 71.6 Å². The van der Waals surface area contributed by atoms with E-state index in [0.29, 0.717) is 43.5 Å². The minimum atomic E-state index is -0.730. The Morgan fingerprint density at radius 2 is 2.09 bits per heavy atom. The summed E-state index contributed by atoms with van der Waals surface area (Å²) in [6.45, 7) is 6.27. The highest BCUT2D eigenvalue weighted by atomic mass is 35.5. The molecule has 9 nitrogen and oxygen atoms in total. The predicted molar refractivity (Wildman–Crippen MR) is 178 cm³/mol. The van der Waals surface area contributed by atoms with Crippen LogP contribution in [0.5, 0.6) is 11.8 Å². The smallest absolute Gasteiger partial charge is 0.319 e. The lowest BCUT2D eigenvalue weighted by atomic mass is 9.92. The molecule has 6 heterocycles. The van der Waals surface area contributed by atoms with Crippen LogP contribution in [0, 0.1) is 34.8 Å². The first-order valence-electron chi connectivity index (χ1n) is 16.1. The lowest BCUT2D eigenvalue weighted by molar-refractivity contribution is 0.107. The van der Waals surface area contributed by atoms with Crippen LogP contribution in [-0.2, 0) is 4.74 Å². The predicted octanol–water partition coefficient (Wildman–Crippen LogP) is 6.77. The molecule has 0 saturated carbocycles. The Morgan fingerprint density at radius 1 is 1.23 bits per heavy atom. The molecule has 3 fully saturated rings. The fourth-order valence-corrected chi connectivity index (χ4v) is 9.78. The van der Waals surface area contributed by atoms with Crippen molar-refractivity contribution in [1.29, 1.82) is 5.26 Å². The third-order valence-corrected chi connectivity index (χ3v) is 11.9. The highest BCUT2D eigenvalue weighted by Crippen LogP contribution is 2.52. The number of hydrogen-bond acceptors (Lipinski definition) is 10. The molecule has 2 aromatic heterocycles. The maximum atomic E-state index is 17.2. The van der Waals surface area contributed by atoms with Gasteiger partial charge >= 0.3 is 6.01 Å². The van der Waals surface area contributed by atoms with Gasteiger partial charge in [-0.05, 0) is 62.1 Å². The number of thiophene rings is 1. The van der Waals surface area contributed by atoms with Crippen LogP contribution in [-0.4, -0.2) is 73.0 Å². The molecule has 0 bridgehead atoms. The molecule has 4 aromatic rings. The summed E-state index contributed by atoms with van der Waals surface area (Å²) in [5.41, 5.74) is 6.30. The Morgan fingerprint density at radius 3 is 2.89 bits per heavy atom. The van der Waals surface area contributed by atoms with Crippen LogP contribution >= 0.6 is 22.9 Å². The maximum absolute atomic E-state index is 17.2. The second-order valence-electron chi connectivity index (χ2n) is 13.5. The molecule has 3 saturated heterocycles. The topological polar surface area (TPSA) is 110 Å². The molecule has 13 heteroatoms. The van der Waals surface area contributed by atoms with E-state index < -0.39 is 11.6 Å². The van der Waals surface area contributed by atoms with Crippen LogP contribution < -0.4 is 20.1 Å². The summed E-state index contributed by atoms with van der Waals surface area (Å²) in [7, 11) is 1.69. The molecule has 4 atom stereocenters. The van der Waals surface area contributed by atoms with Gasteiger partial charge in [-0.25, -0.2) is 8.78 Å². The first-order chi connectivity index (χ1) is 22.7. The Kier molecular flexibility index (Phi) is 7.59. The van der Waals surface area contributed by atoms with Crippen LogP contribution in [0.3, 0.4) is 0 Å². The number of anilines is 2. The zero-order valence-corrected chi connectivity index (χ0v) is 27.8. The van der Waals surface area contributed by atoms with Crippen molar-refractivity contribution in [2.75, 3.05) is 57.2 Å². The fraction of sp³-hybridized carbons (Fsp3) is 0.500. The largest absolute Gasteiger partial charge is 0.489 e. The van der Waals surface area contributed by atoms with Crippen molar-refractivity contribution in [2.24, 2.45) is 11.8 Å². The second kappa shape index (κ2) is 11.6. The van der Waals surface area contributed by atoms with Crippen molar-refractivity contribution in [3.8, 4) is 29.0 Å². The summed E-state index contributed by atoms with van der Waals surface area (Å²) in [6, 6.07) is 4.78. The van der Waals surface area contributed by atoms with E-state index in [9.17, 15) is 5.26 Å². The Hall–Kier alpha value is -3.50. The molecule has 47 heavy (non-hydrogen) atoms. The normalized spacial score (nSPS) is 25.4. The summed E-state index contributed by atoms with van der Waals surface area (Å²) in [4.78, 5) is 14.3. The monoisotopic (exact) mass is 680 g/mol. The van der Waals surface area contributed by atoms with Gasteiger partial charge in [-0.2, -0.15) is 15.2 Å². The summed E-state index contributed by atoms with van der Waals surface area (Å²) in [5.74, 6) is 0.287. The van der Waals surface area contributed by atoms with Gasteiger partial charge in [-0.1, -0.05) is 24.6 Å². The SMILES string of the molecule is COCC1CCC2COc3c(Cl)c(-c4ccc(F)c5sc(N)c(C#N)c45)c(F)c4nc(OCC56CCCN5C[C@H](C)C6)nc(c34)N2C1. The molecule has 8 rings (SSSR count). The summed E-state index contributed by atoms with van der Waals surface area (Å²) < 4.78 is 50.7. The molecule has 2 aromatic carbocycles. The molecule has 0 radical (unpaired) electrons. The van der Waals surface area contributed by atoms with Gasteiger partial charge < -0.3 is 24.8 Å². The molecule has 246 valence electrons. The lowest BCUT2D eigenvalue weighted by Gasteiger charge is -2.39. The number of hydrogen-bond donors (Lipinski definition) is 1. The van der Waals surface area contributed by atoms with Crippen molar-refractivity contribution in [3.05, 3.63) is 34.4 Å². The van der Waals surface area contributed by atoms with E-state index in [0.717, 1.165) is 56.5 Å². The number of nitrogens with zero attached hydrogens (tertiary/aromatic N) is 5. The zero-order chi connectivity index (χ0) is 32.6. The summed E-state index contributed by atoms with van der Waals surface area (Å²) in [6.07, 6.45) is 4.93. The first-order valence-corrected chi connectivity index (χ1v) is 17.3. The quantitative estimate of drug-likeness (QED) is 0.236. The maximum Gasteiger partial charge on any atom is 0.319 e. The highest BCUT2D eigenvalue weighted by molar-refractivity contribution is 7.23. The minimum Gasteiger partial charge on any atom is -0.489 e. The van der Waals surface area contributed by atoms with E-state index in [1.807, 2.05) is 0 Å². The minimum absolute atomic E-state index is 0.00352. The number of halogens is 3.